The van der Waals surface area contributed by atoms with Gasteiger partial charge in [0.1, 0.15) is 12.1 Å². The largest absolute Gasteiger partial charge is 0.458 e. The Kier molecular flexibility index (Phi) is 16.0. The molecule has 0 aromatic carbocycles. The van der Waals surface area contributed by atoms with Crippen LogP contribution in [0.15, 0.2) is 5.11 Å². The van der Waals surface area contributed by atoms with E-state index in [0.717, 1.165) is 6.92 Å². The zero-order valence-corrected chi connectivity index (χ0v) is 25.6. The van der Waals surface area contributed by atoms with Gasteiger partial charge in [-0.25, -0.2) is 0 Å². The summed E-state index contributed by atoms with van der Waals surface area (Å²) in [5.74, 6) is -1.40. The quantitative estimate of drug-likeness (QED) is 0.0930. The molecule has 0 aromatic heterocycles. The van der Waals surface area contributed by atoms with Gasteiger partial charge < -0.3 is 33.3 Å². The van der Waals surface area contributed by atoms with E-state index in [1.807, 2.05) is 33.9 Å². The average Bonchev–Trinajstić information content (AvgIpc) is 2.76. The maximum atomic E-state index is 11.7. The molecule has 1 rings (SSSR count). The first-order chi connectivity index (χ1) is 17.0. The molecule has 37 heavy (non-hydrogen) atoms. The lowest BCUT2D eigenvalue weighted by molar-refractivity contribution is -0.251. The van der Waals surface area contributed by atoms with Crippen LogP contribution in [0, 0.1) is 0 Å². The van der Waals surface area contributed by atoms with E-state index < -0.39 is 59.5 Å². The van der Waals surface area contributed by atoms with Gasteiger partial charge in [-0.3, -0.25) is 14.1 Å². The molecule has 0 spiro atoms. The molecule has 1 heterocycles. The Morgan fingerprint density at radius 3 is 1.89 bits per heavy atom. The van der Waals surface area contributed by atoms with Crippen molar-refractivity contribution in [2.24, 2.45) is 5.11 Å². The second-order valence-electron chi connectivity index (χ2n) is 9.94. The van der Waals surface area contributed by atoms with Crippen molar-refractivity contribution < 1.29 is 42.5 Å². The van der Waals surface area contributed by atoms with Gasteiger partial charge in [-0.1, -0.05) is 46.7 Å². The standard InChI is InChI=1S/C16H30N3O9PSi.C6H15N/c1-9(20)25-13-11(8-24-30(6,7)16(3,4)5)27-15(28-29(22)23)12(18-19-17)14(13)26-10(2)21;1-4-7(5-2)6-3/h11-15,22-23H,8H2,1-7H3;4-6H2,1-3H3/t11-,12+,13-,14-,15-;/m1./s1. The molecule has 0 aromatic rings. The molecule has 0 amide bonds. The van der Waals surface area contributed by atoms with Crippen LogP contribution in [0.2, 0.25) is 18.1 Å². The van der Waals surface area contributed by atoms with Crippen molar-refractivity contribution in [1.82, 2.24) is 4.90 Å². The predicted octanol–water partition coefficient (Wildman–Crippen LogP) is 3.85. The number of rotatable bonds is 11. The fourth-order valence-electron chi connectivity index (χ4n) is 3.23. The number of esters is 2. The minimum atomic E-state index is -2.89. The molecule has 0 aliphatic carbocycles. The molecule has 1 saturated heterocycles. The molecule has 1 aliphatic rings. The number of carbonyl (C=O) groups excluding carboxylic acids is 2. The third-order valence-electron chi connectivity index (χ3n) is 6.36. The van der Waals surface area contributed by atoms with Crippen LogP contribution in [-0.4, -0.2) is 91.8 Å². The Morgan fingerprint density at radius 2 is 1.54 bits per heavy atom. The van der Waals surface area contributed by atoms with Crippen LogP contribution < -0.4 is 0 Å². The van der Waals surface area contributed by atoms with Crippen molar-refractivity contribution in [3.8, 4) is 0 Å². The predicted molar refractivity (Wildman–Crippen MR) is 142 cm³/mol. The summed E-state index contributed by atoms with van der Waals surface area (Å²) in [6.07, 6.45) is -4.91. The number of hydrogen-bond donors (Lipinski definition) is 2. The zero-order valence-electron chi connectivity index (χ0n) is 23.7. The first-order valence-electron chi connectivity index (χ1n) is 12.3. The highest BCUT2D eigenvalue weighted by Crippen LogP contribution is 2.39. The Labute approximate surface area is 222 Å². The summed E-state index contributed by atoms with van der Waals surface area (Å²) in [5.41, 5.74) is 8.92. The number of carbonyl (C=O) groups is 2. The lowest BCUT2D eigenvalue weighted by Crippen LogP contribution is -2.61. The molecule has 0 radical (unpaired) electrons. The van der Waals surface area contributed by atoms with Gasteiger partial charge in [0.2, 0.25) is 0 Å². The number of nitrogens with zero attached hydrogens (tertiary/aromatic N) is 4. The maximum absolute atomic E-state index is 11.7. The molecule has 15 heteroatoms. The van der Waals surface area contributed by atoms with Gasteiger partial charge in [0.15, 0.2) is 26.8 Å². The molecule has 0 saturated carbocycles. The molecule has 2 N–H and O–H groups in total. The number of ether oxygens (including phenoxy) is 3. The van der Waals surface area contributed by atoms with E-state index in [0.29, 0.717) is 0 Å². The maximum Gasteiger partial charge on any atom is 0.329 e. The molecule has 1 aliphatic heterocycles. The summed E-state index contributed by atoms with van der Waals surface area (Å²) in [6, 6.07) is -1.34. The van der Waals surface area contributed by atoms with E-state index in [2.05, 4.69) is 35.7 Å². The summed E-state index contributed by atoms with van der Waals surface area (Å²) in [4.78, 5) is 47.0. The average molecular weight is 569 g/mol. The molecule has 1 fully saturated rings. The van der Waals surface area contributed by atoms with Crippen molar-refractivity contribution in [2.45, 2.75) is 104 Å². The fourth-order valence-corrected chi connectivity index (χ4v) is 4.60. The van der Waals surface area contributed by atoms with Crippen LogP contribution in [0.3, 0.4) is 0 Å². The Morgan fingerprint density at radius 1 is 1.05 bits per heavy atom. The second kappa shape index (κ2) is 16.6. The molecule has 0 unspecified atom stereocenters. The third-order valence-corrected chi connectivity index (χ3v) is 11.3. The molecule has 216 valence electrons. The fraction of sp³-hybridized carbons (Fsp3) is 0.909. The Balaban J connectivity index is 0.00000161. The smallest absolute Gasteiger partial charge is 0.329 e. The first-order valence-corrected chi connectivity index (χ1v) is 16.4. The van der Waals surface area contributed by atoms with Crippen molar-refractivity contribution in [3.63, 3.8) is 0 Å². The first kappa shape index (κ1) is 35.7. The molecular formula is C22H45N4O9PSi. The Bertz CT molecular complexity index is 753. The summed E-state index contributed by atoms with van der Waals surface area (Å²) >= 11 is 0. The lowest BCUT2D eigenvalue weighted by Gasteiger charge is -2.45. The molecule has 13 nitrogen and oxygen atoms in total. The van der Waals surface area contributed by atoms with Crippen molar-refractivity contribution >= 4 is 28.9 Å². The van der Waals surface area contributed by atoms with Crippen molar-refractivity contribution in [2.75, 3.05) is 26.2 Å². The van der Waals surface area contributed by atoms with E-state index in [9.17, 15) is 19.4 Å². The topological polar surface area (TPSA) is 173 Å². The van der Waals surface area contributed by atoms with Gasteiger partial charge in [0, 0.05) is 18.8 Å². The second-order valence-corrected chi connectivity index (χ2v) is 15.5. The van der Waals surface area contributed by atoms with Crippen molar-refractivity contribution in [3.05, 3.63) is 10.4 Å². The van der Waals surface area contributed by atoms with Gasteiger partial charge in [0.05, 0.1) is 6.61 Å². The van der Waals surface area contributed by atoms with Crippen LogP contribution in [0.5, 0.6) is 0 Å². The monoisotopic (exact) mass is 568 g/mol. The highest BCUT2D eigenvalue weighted by Gasteiger charge is 2.51. The summed E-state index contributed by atoms with van der Waals surface area (Å²) < 4.78 is 27.5. The van der Waals surface area contributed by atoms with Crippen LogP contribution in [-0.2, 0) is 32.7 Å². The third kappa shape index (κ3) is 12.4. The van der Waals surface area contributed by atoms with Gasteiger partial charge in [-0.15, -0.1) is 0 Å². The SMILES string of the molecule is CC(=O)O[C@@H]1[C@H](N=[N+]=[N-])[C@@H](OP(O)O)O[C@H](CO[Si](C)(C)C(C)(C)C)[C@H]1OC(C)=O.CCN(CC)CC. The Hall–Kier alpha value is -1.34. The van der Waals surface area contributed by atoms with Crippen molar-refractivity contribution in [1.29, 1.82) is 0 Å². The van der Waals surface area contributed by atoms with Crippen LogP contribution in [0.25, 0.3) is 10.4 Å². The lowest BCUT2D eigenvalue weighted by atomic mass is 9.97. The number of azide groups is 1. The van der Waals surface area contributed by atoms with Gasteiger partial charge in [-0.2, -0.15) is 0 Å². The van der Waals surface area contributed by atoms with Crippen LogP contribution in [0.1, 0.15) is 55.4 Å². The molecule has 5 atom stereocenters. The highest BCUT2D eigenvalue weighted by molar-refractivity contribution is 7.39. The summed E-state index contributed by atoms with van der Waals surface area (Å²) in [5, 5.41) is 3.39. The van der Waals surface area contributed by atoms with E-state index in [1.165, 1.54) is 26.6 Å². The van der Waals surface area contributed by atoms with Crippen LogP contribution in [0.4, 0.5) is 0 Å². The van der Waals surface area contributed by atoms with E-state index >= 15 is 0 Å². The van der Waals surface area contributed by atoms with E-state index in [-0.39, 0.29) is 11.6 Å². The van der Waals surface area contributed by atoms with Crippen LogP contribution >= 0.6 is 8.60 Å². The van der Waals surface area contributed by atoms with E-state index in [1.54, 1.807) is 0 Å². The summed E-state index contributed by atoms with van der Waals surface area (Å²) in [6.45, 7) is 22.5. The van der Waals surface area contributed by atoms with E-state index in [4.69, 9.17) is 28.7 Å². The highest BCUT2D eigenvalue weighted by atomic mass is 31.2. The normalized spacial score (nSPS) is 24.1. The summed E-state index contributed by atoms with van der Waals surface area (Å²) in [7, 11) is -5.13. The minimum Gasteiger partial charge on any atom is -0.458 e. The van der Waals surface area contributed by atoms with Gasteiger partial charge >= 0.3 is 20.5 Å². The molecule has 0 bridgehead atoms. The number of hydrogen-bond acceptors (Lipinski definition) is 11. The van der Waals surface area contributed by atoms with Gasteiger partial charge in [-0.05, 0) is 43.3 Å². The minimum absolute atomic E-state index is 0.0518. The molecular weight excluding hydrogens is 523 g/mol. The zero-order chi connectivity index (χ0) is 29.0. The van der Waals surface area contributed by atoms with Gasteiger partial charge in [0.25, 0.3) is 0 Å².